The van der Waals surface area contributed by atoms with Crippen LogP contribution in [0.1, 0.15) is 18.9 Å². The smallest absolute Gasteiger partial charge is 0.144 e. The van der Waals surface area contributed by atoms with Crippen LogP contribution in [0.2, 0.25) is 0 Å². The number of halogens is 3. The predicted octanol–water partition coefficient (Wildman–Crippen LogP) is 5.64. The molecule has 0 radical (unpaired) electrons. The highest BCUT2D eigenvalue weighted by atomic mass is 79.9. The summed E-state index contributed by atoms with van der Waals surface area (Å²) in [5, 5.41) is 3.35. The van der Waals surface area contributed by atoms with Crippen LogP contribution in [0.25, 0.3) is 0 Å². The number of nitrogens with one attached hydrogen (secondary N) is 1. The molecule has 0 saturated heterocycles. The Labute approximate surface area is 141 Å². The number of rotatable bonds is 6. The number of hydrogen-bond acceptors (Lipinski definition) is 2. The highest BCUT2D eigenvalue weighted by Crippen LogP contribution is 2.34. The minimum absolute atomic E-state index is 0.329. The van der Waals surface area contributed by atoms with Crippen LogP contribution in [0.5, 0.6) is 11.5 Å². The van der Waals surface area contributed by atoms with Crippen molar-refractivity contribution in [1.29, 1.82) is 0 Å². The third kappa shape index (κ3) is 4.80. The molecule has 0 atom stereocenters. The highest BCUT2D eigenvalue weighted by Gasteiger charge is 2.08. The molecule has 2 nitrogen and oxygen atoms in total. The topological polar surface area (TPSA) is 21.3 Å². The fraction of sp³-hybridized carbons (Fsp3) is 0.250. The molecule has 0 aliphatic rings. The van der Waals surface area contributed by atoms with E-state index in [1.807, 2.05) is 18.2 Å². The Kier molecular flexibility index (Phi) is 6.21. The Hall–Kier alpha value is -0.910. The first-order valence-corrected chi connectivity index (χ1v) is 8.31. The second-order valence-electron chi connectivity index (χ2n) is 4.62. The van der Waals surface area contributed by atoms with Gasteiger partial charge in [-0.2, -0.15) is 0 Å². The van der Waals surface area contributed by atoms with Gasteiger partial charge in [-0.15, -0.1) is 0 Å². The van der Waals surface area contributed by atoms with Gasteiger partial charge in [0.25, 0.3) is 0 Å². The molecule has 0 amide bonds. The van der Waals surface area contributed by atoms with Crippen molar-refractivity contribution in [2.24, 2.45) is 0 Å². The zero-order chi connectivity index (χ0) is 15.2. The van der Waals surface area contributed by atoms with E-state index in [1.54, 1.807) is 6.07 Å². The molecule has 5 heteroatoms. The Balaban J connectivity index is 2.12. The van der Waals surface area contributed by atoms with Gasteiger partial charge in [-0.25, -0.2) is 4.39 Å². The standard InChI is InChI=1S/C16H16Br2FNO/c1-2-7-20-10-11-3-6-15(14(18)8-11)21-16-9-12(19)4-5-13(16)17/h3-6,8-9,20H,2,7,10H2,1H3. The maximum atomic E-state index is 13.3. The molecule has 0 heterocycles. The minimum Gasteiger partial charge on any atom is -0.455 e. The second kappa shape index (κ2) is 7.92. The summed E-state index contributed by atoms with van der Waals surface area (Å²) in [6.45, 7) is 3.94. The normalized spacial score (nSPS) is 10.7. The summed E-state index contributed by atoms with van der Waals surface area (Å²) in [5.74, 6) is 0.776. The van der Waals surface area contributed by atoms with E-state index in [4.69, 9.17) is 4.74 Å². The van der Waals surface area contributed by atoms with Gasteiger partial charge >= 0.3 is 0 Å². The van der Waals surface area contributed by atoms with Crippen LogP contribution in [0.3, 0.4) is 0 Å². The monoisotopic (exact) mass is 415 g/mol. The first-order valence-electron chi connectivity index (χ1n) is 6.72. The quantitative estimate of drug-likeness (QED) is 0.615. The van der Waals surface area contributed by atoms with Gasteiger partial charge < -0.3 is 10.1 Å². The Morgan fingerprint density at radius 2 is 1.86 bits per heavy atom. The fourth-order valence-electron chi connectivity index (χ4n) is 1.82. The van der Waals surface area contributed by atoms with Crippen molar-refractivity contribution in [2.45, 2.75) is 19.9 Å². The molecule has 0 aromatic heterocycles. The van der Waals surface area contributed by atoms with Crippen LogP contribution in [0.15, 0.2) is 45.3 Å². The molecule has 0 saturated carbocycles. The van der Waals surface area contributed by atoms with Crippen molar-refractivity contribution in [3.8, 4) is 11.5 Å². The first-order chi connectivity index (χ1) is 10.1. The average Bonchev–Trinajstić information content (AvgIpc) is 2.46. The highest BCUT2D eigenvalue weighted by molar-refractivity contribution is 9.11. The molecular formula is C16H16Br2FNO. The van der Waals surface area contributed by atoms with E-state index in [-0.39, 0.29) is 5.82 Å². The van der Waals surface area contributed by atoms with Crippen molar-refractivity contribution < 1.29 is 9.13 Å². The molecule has 1 N–H and O–H groups in total. The van der Waals surface area contributed by atoms with Gasteiger partial charge in [0.2, 0.25) is 0 Å². The zero-order valence-corrected chi connectivity index (χ0v) is 14.8. The van der Waals surface area contributed by atoms with Crippen LogP contribution in [-0.4, -0.2) is 6.54 Å². The van der Waals surface area contributed by atoms with Gasteiger partial charge in [0.15, 0.2) is 0 Å². The van der Waals surface area contributed by atoms with Crippen molar-refractivity contribution in [3.63, 3.8) is 0 Å². The maximum absolute atomic E-state index is 13.3. The van der Waals surface area contributed by atoms with Crippen LogP contribution in [0.4, 0.5) is 4.39 Å². The molecule has 0 unspecified atom stereocenters. The molecule has 21 heavy (non-hydrogen) atoms. The second-order valence-corrected chi connectivity index (χ2v) is 6.33. The summed E-state index contributed by atoms with van der Waals surface area (Å²) in [6, 6.07) is 10.2. The van der Waals surface area contributed by atoms with Crippen LogP contribution >= 0.6 is 31.9 Å². The number of ether oxygens (including phenoxy) is 1. The summed E-state index contributed by atoms with van der Waals surface area (Å²) in [6.07, 6.45) is 1.11. The maximum Gasteiger partial charge on any atom is 0.144 e. The predicted molar refractivity (Wildman–Crippen MR) is 90.3 cm³/mol. The van der Waals surface area contributed by atoms with Gasteiger partial charge in [-0.3, -0.25) is 0 Å². The van der Waals surface area contributed by atoms with E-state index < -0.39 is 0 Å². The van der Waals surface area contributed by atoms with Crippen molar-refractivity contribution >= 4 is 31.9 Å². The van der Waals surface area contributed by atoms with Gasteiger partial charge in [0, 0.05) is 12.6 Å². The number of hydrogen-bond donors (Lipinski definition) is 1. The first kappa shape index (κ1) is 16.5. The van der Waals surface area contributed by atoms with E-state index in [0.29, 0.717) is 16.0 Å². The Bertz CT molecular complexity index is 619. The van der Waals surface area contributed by atoms with Crippen LogP contribution in [0, 0.1) is 5.82 Å². The molecule has 0 bridgehead atoms. The van der Waals surface area contributed by atoms with Gasteiger partial charge in [0.05, 0.1) is 8.95 Å². The summed E-state index contributed by atoms with van der Waals surface area (Å²) in [4.78, 5) is 0. The van der Waals surface area contributed by atoms with Crippen LogP contribution in [-0.2, 0) is 6.54 Å². The Morgan fingerprint density at radius 1 is 1.05 bits per heavy atom. The zero-order valence-electron chi connectivity index (χ0n) is 11.6. The van der Waals surface area contributed by atoms with Gasteiger partial charge in [-0.1, -0.05) is 13.0 Å². The molecule has 2 rings (SSSR count). The summed E-state index contributed by atoms with van der Waals surface area (Å²) in [7, 11) is 0. The average molecular weight is 417 g/mol. The van der Waals surface area contributed by atoms with Crippen molar-refractivity contribution in [3.05, 3.63) is 56.7 Å². The largest absolute Gasteiger partial charge is 0.455 e. The van der Waals surface area contributed by atoms with Gasteiger partial charge in [-0.05, 0) is 74.7 Å². The van der Waals surface area contributed by atoms with Gasteiger partial charge in [0.1, 0.15) is 17.3 Å². The van der Waals surface area contributed by atoms with E-state index in [9.17, 15) is 4.39 Å². The van der Waals surface area contributed by atoms with Crippen molar-refractivity contribution in [2.75, 3.05) is 6.54 Å². The van der Waals surface area contributed by atoms with E-state index in [1.165, 1.54) is 17.7 Å². The third-order valence-electron chi connectivity index (χ3n) is 2.87. The molecule has 0 aliphatic carbocycles. The lowest BCUT2D eigenvalue weighted by molar-refractivity contribution is 0.470. The summed E-state index contributed by atoms with van der Waals surface area (Å²) in [5.41, 5.74) is 1.17. The summed E-state index contributed by atoms with van der Waals surface area (Å²) < 4.78 is 20.6. The number of benzene rings is 2. The third-order valence-corrected chi connectivity index (χ3v) is 4.14. The van der Waals surface area contributed by atoms with E-state index in [2.05, 4.69) is 44.1 Å². The Morgan fingerprint density at radius 3 is 2.57 bits per heavy atom. The van der Waals surface area contributed by atoms with Crippen molar-refractivity contribution in [1.82, 2.24) is 5.32 Å². The molecule has 2 aromatic rings. The fourth-order valence-corrected chi connectivity index (χ4v) is 2.66. The lowest BCUT2D eigenvalue weighted by Crippen LogP contribution is -2.13. The molecule has 0 spiro atoms. The molecule has 0 fully saturated rings. The molecular weight excluding hydrogens is 401 g/mol. The van der Waals surface area contributed by atoms with E-state index in [0.717, 1.165) is 24.0 Å². The minimum atomic E-state index is -0.329. The van der Waals surface area contributed by atoms with Crippen LogP contribution < -0.4 is 10.1 Å². The summed E-state index contributed by atoms with van der Waals surface area (Å²) >= 11 is 6.85. The SMILES string of the molecule is CCCNCc1ccc(Oc2cc(F)ccc2Br)c(Br)c1. The molecule has 0 aliphatic heterocycles. The molecule has 112 valence electrons. The van der Waals surface area contributed by atoms with E-state index >= 15 is 0 Å². The molecule has 2 aromatic carbocycles. The lowest BCUT2D eigenvalue weighted by Gasteiger charge is -2.11. The lowest BCUT2D eigenvalue weighted by atomic mass is 10.2.